The topological polar surface area (TPSA) is 70.8 Å². The molecule has 0 atom stereocenters. The van der Waals surface area contributed by atoms with Crippen molar-refractivity contribution in [3.8, 4) is 5.75 Å². The van der Waals surface area contributed by atoms with Crippen LogP contribution in [0, 0.1) is 6.92 Å². The van der Waals surface area contributed by atoms with E-state index in [0.29, 0.717) is 10.9 Å². The van der Waals surface area contributed by atoms with Gasteiger partial charge in [0.05, 0.1) is 10.9 Å². The lowest BCUT2D eigenvalue weighted by molar-refractivity contribution is 0.104. The van der Waals surface area contributed by atoms with Gasteiger partial charge in [-0.15, -0.1) is 0 Å². The molecule has 5 heteroatoms. The molecule has 0 saturated carbocycles. The van der Waals surface area contributed by atoms with E-state index in [2.05, 4.69) is 0 Å². The largest absolute Gasteiger partial charge is 0.506 e. The zero-order chi connectivity index (χ0) is 14.9. The quantitative estimate of drug-likeness (QED) is 0.526. The monoisotopic (exact) mass is 273 g/mol. The fourth-order valence-electron chi connectivity index (χ4n) is 1.93. The second-order valence-electron chi connectivity index (χ2n) is 4.73. The Hall–Kier alpha value is -2.56. The fourth-order valence-corrected chi connectivity index (χ4v) is 1.93. The van der Waals surface area contributed by atoms with Gasteiger partial charge in [-0.05, 0) is 24.6 Å². The number of allylic oxidation sites excluding steroid dienone is 1. The normalized spacial score (nSPS) is 11.2. The predicted molar refractivity (Wildman–Crippen MR) is 76.0 cm³/mol. The first-order valence-electron chi connectivity index (χ1n) is 6.05. The number of fused-ring (bicyclic) bond motifs is 1. The lowest BCUT2D eigenvalue weighted by Crippen LogP contribution is -2.04. The summed E-state index contributed by atoms with van der Waals surface area (Å²) in [6.07, 6.45) is 2.97. The minimum absolute atomic E-state index is 0.169. The average Bonchev–Trinajstić information content (AvgIpc) is 2.35. The SMILES string of the molecule is Cc1cc(=O)oc2ccc(C(=O)/C=C\N(C)C)c(O)c12. The molecule has 1 aromatic heterocycles. The van der Waals surface area contributed by atoms with Crippen LogP contribution in [0.5, 0.6) is 5.75 Å². The van der Waals surface area contributed by atoms with Gasteiger partial charge in [-0.2, -0.15) is 0 Å². The summed E-state index contributed by atoms with van der Waals surface area (Å²) in [4.78, 5) is 25.0. The van der Waals surface area contributed by atoms with Crippen LogP contribution in [-0.2, 0) is 0 Å². The smallest absolute Gasteiger partial charge is 0.336 e. The van der Waals surface area contributed by atoms with Crippen LogP contribution in [0.2, 0.25) is 0 Å². The van der Waals surface area contributed by atoms with E-state index in [4.69, 9.17) is 4.42 Å². The van der Waals surface area contributed by atoms with Gasteiger partial charge in [-0.25, -0.2) is 4.79 Å². The predicted octanol–water partition coefficient (Wildman–Crippen LogP) is 2.07. The molecule has 0 aliphatic heterocycles. The number of phenols is 1. The molecule has 0 unspecified atom stereocenters. The van der Waals surface area contributed by atoms with Crippen molar-refractivity contribution in [2.75, 3.05) is 14.1 Å². The Bertz CT molecular complexity index is 756. The van der Waals surface area contributed by atoms with Gasteiger partial charge < -0.3 is 14.4 Å². The maximum absolute atomic E-state index is 12.0. The first-order valence-corrected chi connectivity index (χ1v) is 6.05. The molecule has 104 valence electrons. The Morgan fingerprint density at radius 3 is 2.70 bits per heavy atom. The average molecular weight is 273 g/mol. The van der Waals surface area contributed by atoms with Crippen LogP contribution in [0.4, 0.5) is 0 Å². The minimum Gasteiger partial charge on any atom is -0.506 e. The molecule has 2 rings (SSSR count). The standard InChI is InChI=1S/C15H15NO4/c1-9-8-13(18)20-12-5-4-10(15(19)14(9)12)11(17)6-7-16(2)3/h4-8,19H,1-3H3/b7-6-. The number of ketones is 1. The van der Waals surface area contributed by atoms with Crippen molar-refractivity contribution in [1.29, 1.82) is 0 Å². The number of hydrogen-bond acceptors (Lipinski definition) is 5. The van der Waals surface area contributed by atoms with Crippen LogP contribution in [0.1, 0.15) is 15.9 Å². The summed E-state index contributed by atoms with van der Waals surface area (Å²) in [6.45, 7) is 1.68. The molecule has 2 aromatic rings. The summed E-state index contributed by atoms with van der Waals surface area (Å²) in [5, 5.41) is 10.6. The summed E-state index contributed by atoms with van der Waals surface area (Å²) in [5.41, 5.74) is 0.522. The minimum atomic E-state index is -0.485. The summed E-state index contributed by atoms with van der Waals surface area (Å²) in [5.74, 6) is -0.485. The van der Waals surface area contributed by atoms with E-state index in [1.54, 1.807) is 32.1 Å². The number of aryl methyl sites for hydroxylation is 1. The molecule has 0 spiro atoms. The third-order valence-corrected chi connectivity index (χ3v) is 2.87. The molecule has 1 aromatic carbocycles. The van der Waals surface area contributed by atoms with Gasteiger partial charge in [0.1, 0.15) is 11.3 Å². The molecule has 0 aliphatic rings. The van der Waals surface area contributed by atoms with Crippen LogP contribution in [0.3, 0.4) is 0 Å². The zero-order valence-electron chi connectivity index (χ0n) is 11.5. The highest BCUT2D eigenvalue weighted by Gasteiger charge is 2.15. The van der Waals surface area contributed by atoms with E-state index in [1.165, 1.54) is 24.3 Å². The van der Waals surface area contributed by atoms with Crippen molar-refractivity contribution >= 4 is 16.8 Å². The molecule has 0 bridgehead atoms. The molecule has 0 amide bonds. The highest BCUT2D eigenvalue weighted by atomic mass is 16.4. The van der Waals surface area contributed by atoms with Gasteiger partial charge in [0.25, 0.3) is 0 Å². The van der Waals surface area contributed by atoms with E-state index in [-0.39, 0.29) is 22.7 Å². The maximum Gasteiger partial charge on any atom is 0.336 e. The Labute approximate surface area is 115 Å². The van der Waals surface area contributed by atoms with Crippen LogP contribution < -0.4 is 5.63 Å². The van der Waals surface area contributed by atoms with E-state index in [0.717, 1.165) is 0 Å². The van der Waals surface area contributed by atoms with Gasteiger partial charge in [0.2, 0.25) is 0 Å². The molecule has 0 aliphatic carbocycles. The van der Waals surface area contributed by atoms with E-state index < -0.39 is 5.63 Å². The fraction of sp³-hybridized carbons (Fsp3) is 0.200. The van der Waals surface area contributed by atoms with E-state index >= 15 is 0 Å². The molecule has 20 heavy (non-hydrogen) atoms. The molecule has 0 radical (unpaired) electrons. The number of phenolic OH excluding ortho intramolecular Hbond substituents is 1. The Morgan fingerprint density at radius 1 is 1.35 bits per heavy atom. The molecule has 1 heterocycles. The zero-order valence-corrected chi connectivity index (χ0v) is 11.5. The van der Waals surface area contributed by atoms with Gasteiger partial charge >= 0.3 is 5.63 Å². The third-order valence-electron chi connectivity index (χ3n) is 2.87. The van der Waals surface area contributed by atoms with Crippen LogP contribution in [0.25, 0.3) is 11.0 Å². The van der Waals surface area contributed by atoms with Crippen molar-refractivity contribution in [1.82, 2.24) is 4.90 Å². The highest BCUT2D eigenvalue weighted by Crippen LogP contribution is 2.30. The molecule has 0 saturated heterocycles. The third kappa shape index (κ3) is 2.56. The molecule has 5 nitrogen and oxygen atoms in total. The number of nitrogens with zero attached hydrogens (tertiary/aromatic N) is 1. The molecular formula is C15H15NO4. The maximum atomic E-state index is 12.0. The molecular weight excluding hydrogens is 258 g/mol. The number of benzene rings is 1. The van der Waals surface area contributed by atoms with E-state index in [9.17, 15) is 14.7 Å². The Morgan fingerprint density at radius 2 is 2.05 bits per heavy atom. The Kier molecular flexibility index (Phi) is 3.61. The van der Waals surface area contributed by atoms with Crippen LogP contribution in [0.15, 0.2) is 39.7 Å². The lowest BCUT2D eigenvalue weighted by Gasteiger charge is -2.07. The van der Waals surface area contributed by atoms with Gasteiger partial charge in [-0.1, -0.05) is 0 Å². The number of aromatic hydroxyl groups is 1. The number of hydrogen-bond donors (Lipinski definition) is 1. The van der Waals surface area contributed by atoms with Gasteiger partial charge in [0.15, 0.2) is 5.78 Å². The van der Waals surface area contributed by atoms with Crippen LogP contribution >= 0.6 is 0 Å². The van der Waals surface area contributed by atoms with Gasteiger partial charge in [0, 0.05) is 32.4 Å². The summed E-state index contributed by atoms with van der Waals surface area (Å²) in [6, 6.07) is 4.24. The molecule has 0 fully saturated rings. The first-order chi connectivity index (χ1) is 9.40. The highest BCUT2D eigenvalue weighted by molar-refractivity contribution is 6.10. The lowest BCUT2D eigenvalue weighted by atomic mass is 10.0. The van der Waals surface area contributed by atoms with Crippen molar-refractivity contribution in [2.45, 2.75) is 6.92 Å². The summed E-state index contributed by atoms with van der Waals surface area (Å²) < 4.78 is 5.00. The van der Waals surface area contributed by atoms with Crippen LogP contribution in [-0.4, -0.2) is 29.9 Å². The summed E-state index contributed by atoms with van der Waals surface area (Å²) in [7, 11) is 3.59. The van der Waals surface area contributed by atoms with Gasteiger partial charge in [-0.3, -0.25) is 4.79 Å². The van der Waals surface area contributed by atoms with Crippen molar-refractivity contribution in [2.24, 2.45) is 0 Å². The number of carbonyl (C=O) groups excluding carboxylic acids is 1. The summed E-state index contributed by atoms with van der Waals surface area (Å²) >= 11 is 0. The van der Waals surface area contributed by atoms with Crippen molar-refractivity contribution in [3.63, 3.8) is 0 Å². The molecule has 1 N–H and O–H groups in total. The van der Waals surface area contributed by atoms with Crippen molar-refractivity contribution in [3.05, 3.63) is 52.0 Å². The van der Waals surface area contributed by atoms with E-state index in [1.807, 2.05) is 0 Å². The second kappa shape index (κ2) is 5.21. The number of rotatable bonds is 3. The number of carbonyl (C=O) groups is 1. The second-order valence-corrected chi connectivity index (χ2v) is 4.73. The Balaban J connectivity index is 2.60. The first kappa shape index (κ1) is 13.9. The van der Waals surface area contributed by atoms with Crippen molar-refractivity contribution < 1.29 is 14.3 Å².